The van der Waals surface area contributed by atoms with Gasteiger partial charge in [0.05, 0.1) is 22.1 Å². The van der Waals surface area contributed by atoms with Crippen molar-refractivity contribution >= 4 is 75.1 Å². The molecule has 69 heavy (non-hydrogen) atoms. The molecule has 4 heterocycles. The first-order chi connectivity index (χ1) is 34.2. The van der Waals surface area contributed by atoms with Crippen LogP contribution in [0.4, 0.5) is 0 Å². The molecule has 0 unspecified atom stereocenters. The molecule has 0 saturated heterocycles. The zero-order chi connectivity index (χ0) is 45.4. The van der Waals surface area contributed by atoms with E-state index in [0.29, 0.717) is 17.5 Å². The second-order valence-corrected chi connectivity index (χ2v) is 18.6. The van der Waals surface area contributed by atoms with E-state index in [0.717, 1.165) is 60.4 Å². The monoisotopic (exact) mass is 897 g/mol. The standard InChI is InChI=1S/C63H39N5S/c1-3-16-40(17-4-1)42-33-35-57-54(38-42)49-25-8-11-30-56(49)68(57)47-23-14-20-45(37-47)62-64-61(65-63(66-62)53-28-15-27-52-51-26-9-12-31-59(51)69-60(52)53)44-19-13-18-41(36-44)43-32-34-50-48-24-7-10-29-55(48)67(58(50)39-43)46-21-5-2-6-22-46/h1-39H. The van der Waals surface area contributed by atoms with Crippen molar-refractivity contribution in [3.63, 3.8) is 0 Å². The van der Waals surface area contributed by atoms with Crippen molar-refractivity contribution in [1.82, 2.24) is 24.1 Å². The first-order valence-electron chi connectivity index (χ1n) is 23.3. The quantitative estimate of drug-likeness (QED) is 0.160. The Morgan fingerprint density at radius 2 is 0.783 bits per heavy atom. The van der Waals surface area contributed by atoms with Crippen LogP contribution in [0.5, 0.6) is 0 Å². The van der Waals surface area contributed by atoms with E-state index in [1.165, 1.54) is 53.7 Å². The molecule has 4 aromatic heterocycles. The Kier molecular flexibility index (Phi) is 9.00. The van der Waals surface area contributed by atoms with E-state index < -0.39 is 0 Å². The van der Waals surface area contributed by atoms with E-state index in [9.17, 15) is 0 Å². The Hall–Kier alpha value is -8.97. The predicted octanol–water partition coefficient (Wildman–Crippen LogP) is 16.8. The van der Waals surface area contributed by atoms with Crippen LogP contribution < -0.4 is 0 Å². The van der Waals surface area contributed by atoms with Crippen molar-refractivity contribution < 1.29 is 0 Å². The number of nitrogens with zero attached hydrogens (tertiary/aromatic N) is 5. The molecule has 0 N–H and O–H groups in total. The summed E-state index contributed by atoms with van der Waals surface area (Å²) in [5, 5.41) is 7.30. The lowest BCUT2D eigenvalue weighted by Gasteiger charge is -2.13. The van der Waals surface area contributed by atoms with Crippen molar-refractivity contribution in [2.75, 3.05) is 0 Å². The van der Waals surface area contributed by atoms with Crippen LogP contribution in [0.25, 0.3) is 132 Å². The third kappa shape index (κ3) is 6.49. The highest BCUT2D eigenvalue weighted by atomic mass is 32.1. The first kappa shape index (κ1) is 39.2. The van der Waals surface area contributed by atoms with Crippen molar-refractivity contribution in [1.29, 1.82) is 0 Å². The molecule has 0 bridgehead atoms. The molecule has 0 aliphatic rings. The molecule has 0 saturated carbocycles. The van der Waals surface area contributed by atoms with Gasteiger partial charge in [-0.1, -0.05) is 164 Å². The molecule has 10 aromatic carbocycles. The molecule has 0 fully saturated rings. The second kappa shape index (κ2) is 15.8. The van der Waals surface area contributed by atoms with Crippen LogP contribution in [0.3, 0.4) is 0 Å². The Morgan fingerprint density at radius 1 is 0.275 bits per heavy atom. The molecule has 14 aromatic rings. The topological polar surface area (TPSA) is 48.5 Å². The minimum absolute atomic E-state index is 0.612. The number of fused-ring (bicyclic) bond motifs is 9. The van der Waals surface area contributed by atoms with E-state index >= 15 is 0 Å². The summed E-state index contributed by atoms with van der Waals surface area (Å²) >= 11 is 1.78. The summed E-state index contributed by atoms with van der Waals surface area (Å²) < 4.78 is 7.13. The maximum atomic E-state index is 5.36. The Balaban J connectivity index is 0.939. The van der Waals surface area contributed by atoms with Gasteiger partial charge in [-0.2, -0.15) is 0 Å². The van der Waals surface area contributed by atoms with Gasteiger partial charge in [-0.3, -0.25) is 0 Å². The molecule has 5 nitrogen and oxygen atoms in total. The van der Waals surface area contributed by atoms with Crippen LogP contribution in [-0.2, 0) is 0 Å². The van der Waals surface area contributed by atoms with Crippen LogP contribution >= 0.6 is 11.3 Å². The summed E-state index contributed by atoms with van der Waals surface area (Å²) in [4.78, 5) is 16.1. The zero-order valence-electron chi connectivity index (χ0n) is 37.2. The van der Waals surface area contributed by atoms with Crippen LogP contribution in [0.1, 0.15) is 0 Å². The van der Waals surface area contributed by atoms with E-state index in [1.54, 1.807) is 11.3 Å². The molecule has 322 valence electrons. The fourth-order valence-electron chi connectivity index (χ4n) is 10.4. The van der Waals surface area contributed by atoms with Crippen LogP contribution in [0.2, 0.25) is 0 Å². The average Bonchev–Trinajstić information content (AvgIpc) is 4.09. The second-order valence-electron chi connectivity index (χ2n) is 17.6. The third-order valence-electron chi connectivity index (χ3n) is 13.6. The Morgan fingerprint density at radius 3 is 1.58 bits per heavy atom. The fourth-order valence-corrected chi connectivity index (χ4v) is 11.6. The molecule has 0 radical (unpaired) electrons. The molecule has 0 spiro atoms. The minimum atomic E-state index is 0.612. The lowest BCUT2D eigenvalue weighted by atomic mass is 10.0. The van der Waals surface area contributed by atoms with Gasteiger partial charge in [0.2, 0.25) is 0 Å². The zero-order valence-corrected chi connectivity index (χ0v) is 38.0. The molecule has 14 rings (SSSR count). The maximum Gasteiger partial charge on any atom is 0.165 e. The van der Waals surface area contributed by atoms with Crippen molar-refractivity contribution in [3.8, 4) is 67.8 Å². The fraction of sp³-hybridized carbons (Fsp3) is 0. The van der Waals surface area contributed by atoms with Gasteiger partial charge in [0.1, 0.15) is 0 Å². The number of hydrogen-bond acceptors (Lipinski definition) is 4. The number of thiophene rings is 1. The molecular formula is C63H39N5S. The maximum absolute atomic E-state index is 5.36. The summed E-state index contributed by atoms with van der Waals surface area (Å²) in [6.07, 6.45) is 0. The van der Waals surface area contributed by atoms with E-state index in [1.807, 2.05) is 0 Å². The van der Waals surface area contributed by atoms with Crippen LogP contribution in [-0.4, -0.2) is 24.1 Å². The van der Waals surface area contributed by atoms with Crippen molar-refractivity contribution in [2.45, 2.75) is 0 Å². The summed E-state index contributed by atoms with van der Waals surface area (Å²) in [5.74, 6) is 1.87. The van der Waals surface area contributed by atoms with E-state index in [-0.39, 0.29) is 0 Å². The van der Waals surface area contributed by atoms with Gasteiger partial charge < -0.3 is 9.13 Å². The molecular weight excluding hydrogens is 859 g/mol. The highest BCUT2D eigenvalue weighted by Crippen LogP contribution is 2.41. The molecule has 6 heteroatoms. The van der Waals surface area contributed by atoms with Gasteiger partial charge in [0.25, 0.3) is 0 Å². The van der Waals surface area contributed by atoms with Gasteiger partial charge >= 0.3 is 0 Å². The highest BCUT2D eigenvalue weighted by molar-refractivity contribution is 7.26. The number of para-hydroxylation sites is 3. The Labute approximate surface area is 401 Å². The Bertz CT molecular complexity index is 4320. The molecule has 0 aliphatic carbocycles. The van der Waals surface area contributed by atoms with Gasteiger partial charge in [-0.25, -0.2) is 15.0 Å². The van der Waals surface area contributed by atoms with Gasteiger partial charge in [-0.15, -0.1) is 11.3 Å². The average molecular weight is 898 g/mol. The van der Waals surface area contributed by atoms with Crippen LogP contribution in [0.15, 0.2) is 237 Å². The van der Waals surface area contributed by atoms with Gasteiger partial charge in [-0.05, 0) is 95.1 Å². The van der Waals surface area contributed by atoms with Crippen molar-refractivity contribution in [3.05, 3.63) is 237 Å². The first-order valence-corrected chi connectivity index (χ1v) is 24.1. The molecule has 0 amide bonds. The number of rotatable bonds is 7. The SMILES string of the molecule is c1ccc(-c2ccc3c(c2)c2ccccc2n3-c2cccc(-c3nc(-c4cccc(-c5ccc6c7ccccc7n(-c7ccccc7)c6c5)c4)nc(-c4cccc5c4sc4ccccc45)n3)c2)cc1. The summed E-state index contributed by atoms with van der Waals surface area (Å²) in [7, 11) is 0. The van der Waals surface area contributed by atoms with E-state index in [2.05, 4.69) is 246 Å². The lowest BCUT2D eigenvalue weighted by Crippen LogP contribution is -2.01. The lowest BCUT2D eigenvalue weighted by molar-refractivity contribution is 1.07. The molecule has 0 aliphatic heterocycles. The summed E-state index contributed by atoms with van der Waals surface area (Å²) in [5.41, 5.74) is 14.2. The molecule has 0 atom stereocenters. The number of aromatic nitrogens is 5. The normalized spacial score (nSPS) is 11.8. The van der Waals surface area contributed by atoms with E-state index in [4.69, 9.17) is 15.0 Å². The predicted molar refractivity (Wildman–Crippen MR) is 289 cm³/mol. The summed E-state index contributed by atoms with van der Waals surface area (Å²) in [6, 6.07) is 84.5. The largest absolute Gasteiger partial charge is 0.309 e. The third-order valence-corrected chi connectivity index (χ3v) is 14.8. The number of hydrogen-bond donors (Lipinski definition) is 0. The summed E-state index contributed by atoms with van der Waals surface area (Å²) in [6.45, 7) is 0. The van der Waals surface area contributed by atoms with Crippen molar-refractivity contribution in [2.24, 2.45) is 0 Å². The number of benzene rings is 10. The minimum Gasteiger partial charge on any atom is -0.309 e. The smallest absolute Gasteiger partial charge is 0.165 e. The van der Waals surface area contributed by atoms with Gasteiger partial charge in [0.15, 0.2) is 17.5 Å². The van der Waals surface area contributed by atoms with Gasteiger partial charge in [0, 0.05) is 69.8 Å². The highest BCUT2D eigenvalue weighted by Gasteiger charge is 2.20. The van der Waals surface area contributed by atoms with Crippen LogP contribution in [0, 0.1) is 0 Å².